The highest BCUT2D eigenvalue weighted by Crippen LogP contribution is 2.16. The van der Waals surface area contributed by atoms with Crippen molar-refractivity contribution in [1.29, 1.82) is 0 Å². The lowest BCUT2D eigenvalue weighted by Gasteiger charge is -2.29. The third-order valence-electron chi connectivity index (χ3n) is 3.92. The molecule has 1 aromatic rings. The SMILES string of the molecule is CC(C)C[C@H](N[C@@H](C(=O)OCc1ccccc1)C(C)C)C(=O)OC(C)(C)C. The van der Waals surface area contributed by atoms with Gasteiger partial charge in [0.05, 0.1) is 0 Å². The number of benzene rings is 1. The van der Waals surface area contributed by atoms with Gasteiger partial charge < -0.3 is 9.47 Å². The first-order valence-corrected chi connectivity index (χ1v) is 9.69. The molecule has 0 unspecified atom stereocenters. The zero-order valence-corrected chi connectivity index (χ0v) is 17.7. The second kappa shape index (κ2) is 10.5. The van der Waals surface area contributed by atoms with E-state index < -0.39 is 17.7 Å². The number of esters is 2. The van der Waals surface area contributed by atoms with Crippen molar-refractivity contribution in [3.8, 4) is 0 Å². The molecule has 0 aromatic heterocycles. The Kier molecular flexibility index (Phi) is 8.97. The van der Waals surface area contributed by atoms with Crippen LogP contribution in [0, 0.1) is 11.8 Å². The van der Waals surface area contributed by atoms with E-state index in [0.717, 1.165) is 5.56 Å². The summed E-state index contributed by atoms with van der Waals surface area (Å²) in [5.41, 5.74) is 0.356. The van der Waals surface area contributed by atoms with Gasteiger partial charge in [0.25, 0.3) is 0 Å². The zero-order chi connectivity index (χ0) is 20.6. The zero-order valence-electron chi connectivity index (χ0n) is 17.7. The largest absolute Gasteiger partial charge is 0.460 e. The van der Waals surface area contributed by atoms with E-state index in [4.69, 9.17) is 9.47 Å². The Labute approximate surface area is 163 Å². The van der Waals surface area contributed by atoms with Crippen molar-refractivity contribution in [1.82, 2.24) is 5.32 Å². The van der Waals surface area contributed by atoms with E-state index in [2.05, 4.69) is 5.32 Å². The second-order valence-electron chi connectivity index (χ2n) is 8.70. The number of hydrogen-bond donors (Lipinski definition) is 1. The van der Waals surface area contributed by atoms with Gasteiger partial charge >= 0.3 is 11.9 Å². The Balaban J connectivity index is 2.82. The molecule has 2 atom stereocenters. The Morgan fingerprint density at radius 2 is 1.59 bits per heavy atom. The molecule has 5 heteroatoms. The van der Waals surface area contributed by atoms with Crippen LogP contribution in [0.2, 0.25) is 0 Å². The first-order valence-electron chi connectivity index (χ1n) is 9.69. The lowest BCUT2D eigenvalue weighted by Crippen LogP contribution is -2.52. The van der Waals surface area contributed by atoms with Crippen LogP contribution in [0.15, 0.2) is 30.3 Å². The lowest BCUT2D eigenvalue weighted by molar-refractivity contribution is -0.159. The normalized spacial score (nSPS) is 14.1. The predicted octanol–water partition coefficient (Wildman–Crippen LogP) is 4.10. The summed E-state index contributed by atoms with van der Waals surface area (Å²) in [4.78, 5) is 25.3. The van der Waals surface area contributed by atoms with E-state index in [1.807, 2.05) is 78.8 Å². The van der Waals surface area contributed by atoms with Crippen LogP contribution in [-0.2, 0) is 25.7 Å². The third-order valence-corrected chi connectivity index (χ3v) is 3.92. The fourth-order valence-electron chi connectivity index (χ4n) is 2.64. The Morgan fingerprint density at radius 1 is 1.00 bits per heavy atom. The molecule has 0 heterocycles. The minimum absolute atomic E-state index is 0.0228. The van der Waals surface area contributed by atoms with Gasteiger partial charge in [-0.25, -0.2) is 0 Å². The number of carbonyl (C=O) groups is 2. The van der Waals surface area contributed by atoms with Crippen molar-refractivity contribution in [2.75, 3.05) is 0 Å². The molecule has 0 spiro atoms. The van der Waals surface area contributed by atoms with E-state index in [0.29, 0.717) is 6.42 Å². The van der Waals surface area contributed by atoms with E-state index in [1.54, 1.807) is 0 Å². The van der Waals surface area contributed by atoms with Crippen LogP contribution in [-0.4, -0.2) is 29.6 Å². The minimum Gasteiger partial charge on any atom is -0.460 e. The highest BCUT2D eigenvalue weighted by atomic mass is 16.6. The summed E-state index contributed by atoms with van der Waals surface area (Å²) in [7, 11) is 0. The monoisotopic (exact) mass is 377 g/mol. The molecule has 1 rings (SSSR count). The van der Waals surface area contributed by atoms with Crippen LogP contribution in [0.5, 0.6) is 0 Å². The van der Waals surface area contributed by atoms with Gasteiger partial charge in [-0.1, -0.05) is 58.0 Å². The predicted molar refractivity (Wildman–Crippen MR) is 107 cm³/mol. The number of ether oxygens (including phenoxy) is 2. The first kappa shape index (κ1) is 23.2. The Hall–Kier alpha value is -1.88. The summed E-state index contributed by atoms with van der Waals surface area (Å²) >= 11 is 0. The van der Waals surface area contributed by atoms with Crippen LogP contribution in [0.1, 0.15) is 60.5 Å². The van der Waals surface area contributed by atoms with Gasteiger partial charge in [0.1, 0.15) is 24.3 Å². The topological polar surface area (TPSA) is 64.6 Å². The van der Waals surface area contributed by atoms with Crippen molar-refractivity contribution in [2.24, 2.45) is 11.8 Å². The Bertz CT molecular complexity index is 590. The second-order valence-corrected chi connectivity index (χ2v) is 8.70. The highest BCUT2D eigenvalue weighted by Gasteiger charge is 2.32. The first-order chi connectivity index (χ1) is 12.5. The molecule has 0 aliphatic heterocycles. The molecule has 1 aromatic carbocycles. The molecule has 0 amide bonds. The quantitative estimate of drug-likeness (QED) is 0.656. The number of nitrogens with one attached hydrogen (secondary N) is 1. The summed E-state index contributed by atoms with van der Waals surface area (Å²) in [6.07, 6.45) is 0.587. The molecule has 0 saturated carbocycles. The van der Waals surface area contributed by atoms with E-state index >= 15 is 0 Å². The average molecular weight is 378 g/mol. The fourth-order valence-corrected chi connectivity index (χ4v) is 2.64. The lowest BCUT2D eigenvalue weighted by atomic mass is 9.99. The molecule has 0 saturated heterocycles. The molecule has 0 aliphatic carbocycles. The van der Waals surface area contributed by atoms with Crippen molar-refractivity contribution >= 4 is 11.9 Å². The van der Waals surface area contributed by atoms with Gasteiger partial charge in [-0.05, 0) is 44.6 Å². The average Bonchev–Trinajstić information content (AvgIpc) is 2.55. The summed E-state index contributed by atoms with van der Waals surface area (Å²) in [5.74, 6) is -0.433. The van der Waals surface area contributed by atoms with Gasteiger partial charge in [-0.2, -0.15) is 0 Å². The van der Waals surface area contributed by atoms with E-state index in [-0.39, 0.29) is 30.4 Å². The van der Waals surface area contributed by atoms with Crippen molar-refractivity contribution in [3.05, 3.63) is 35.9 Å². The van der Waals surface area contributed by atoms with E-state index in [9.17, 15) is 9.59 Å². The molecule has 5 nitrogen and oxygen atoms in total. The summed E-state index contributed by atoms with van der Waals surface area (Å²) in [6.45, 7) is 13.7. The number of rotatable bonds is 9. The van der Waals surface area contributed by atoms with Crippen molar-refractivity contribution in [2.45, 2.75) is 79.2 Å². The standard InChI is InChI=1S/C22H35NO4/c1-15(2)13-18(20(24)27-22(5,6)7)23-19(16(3)4)21(25)26-14-17-11-9-8-10-12-17/h8-12,15-16,18-19,23H,13-14H2,1-7H3/t18-,19+/m0/s1. The van der Waals surface area contributed by atoms with E-state index in [1.165, 1.54) is 0 Å². The van der Waals surface area contributed by atoms with Crippen molar-refractivity contribution in [3.63, 3.8) is 0 Å². The maximum Gasteiger partial charge on any atom is 0.323 e. The van der Waals surface area contributed by atoms with Crippen LogP contribution in [0.25, 0.3) is 0 Å². The van der Waals surface area contributed by atoms with Gasteiger partial charge in [0, 0.05) is 0 Å². The smallest absolute Gasteiger partial charge is 0.323 e. The van der Waals surface area contributed by atoms with Gasteiger partial charge in [0.15, 0.2) is 0 Å². The number of hydrogen-bond acceptors (Lipinski definition) is 5. The minimum atomic E-state index is -0.579. The molecule has 0 aliphatic rings. The van der Waals surface area contributed by atoms with Crippen LogP contribution >= 0.6 is 0 Å². The van der Waals surface area contributed by atoms with Crippen LogP contribution in [0.3, 0.4) is 0 Å². The molecule has 152 valence electrons. The molecule has 0 fully saturated rings. The molecule has 0 bridgehead atoms. The molecular formula is C22H35NO4. The maximum absolute atomic E-state index is 12.7. The summed E-state index contributed by atoms with van der Waals surface area (Å²) < 4.78 is 11.0. The third kappa shape index (κ3) is 9.05. The summed E-state index contributed by atoms with van der Waals surface area (Å²) in [5, 5.41) is 3.19. The van der Waals surface area contributed by atoms with Gasteiger partial charge in [-0.15, -0.1) is 0 Å². The highest BCUT2D eigenvalue weighted by molar-refractivity contribution is 5.80. The molecule has 27 heavy (non-hydrogen) atoms. The van der Waals surface area contributed by atoms with Crippen molar-refractivity contribution < 1.29 is 19.1 Å². The number of carbonyl (C=O) groups excluding carboxylic acids is 2. The fraction of sp³-hybridized carbons (Fsp3) is 0.636. The molecular weight excluding hydrogens is 342 g/mol. The van der Waals surface area contributed by atoms with Crippen LogP contribution in [0.4, 0.5) is 0 Å². The summed E-state index contributed by atoms with van der Waals surface area (Å²) in [6, 6.07) is 8.42. The maximum atomic E-state index is 12.7. The van der Waals surface area contributed by atoms with Gasteiger partial charge in [0.2, 0.25) is 0 Å². The molecule has 0 radical (unpaired) electrons. The molecule has 1 N–H and O–H groups in total. The van der Waals surface area contributed by atoms with Crippen LogP contribution < -0.4 is 5.32 Å². The Morgan fingerprint density at radius 3 is 2.07 bits per heavy atom. The van der Waals surface area contributed by atoms with Gasteiger partial charge in [-0.3, -0.25) is 14.9 Å².